The van der Waals surface area contributed by atoms with E-state index in [0.717, 1.165) is 6.07 Å². The number of esters is 2. The van der Waals surface area contributed by atoms with E-state index in [4.69, 9.17) is 9.15 Å². The van der Waals surface area contributed by atoms with Gasteiger partial charge >= 0.3 is 11.9 Å². The van der Waals surface area contributed by atoms with E-state index in [1.54, 1.807) is 6.92 Å². The van der Waals surface area contributed by atoms with Crippen molar-refractivity contribution in [3.8, 4) is 5.75 Å². The van der Waals surface area contributed by atoms with E-state index in [9.17, 15) is 24.5 Å². The number of nitrogens with zero attached hydrogens (tertiary/aromatic N) is 2. The van der Waals surface area contributed by atoms with E-state index in [1.165, 1.54) is 49.6 Å². The van der Waals surface area contributed by atoms with Crippen LogP contribution in [0.4, 0.5) is 5.69 Å². The number of methoxy groups -OCH3 is 1. The molecule has 1 aliphatic rings. The Balaban J connectivity index is 1.52. The van der Waals surface area contributed by atoms with E-state index < -0.39 is 22.8 Å². The van der Waals surface area contributed by atoms with Crippen LogP contribution in [-0.4, -0.2) is 35.6 Å². The molecule has 0 saturated carbocycles. The lowest BCUT2D eigenvalue weighted by atomic mass is 9.93. The molecule has 1 aliphatic carbocycles. The van der Waals surface area contributed by atoms with Gasteiger partial charge in [-0.2, -0.15) is 5.10 Å². The molecule has 11 heteroatoms. The van der Waals surface area contributed by atoms with Crippen molar-refractivity contribution in [1.82, 2.24) is 5.43 Å². The number of ether oxygens (including phenoxy) is 2. The molecule has 0 radical (unpaired) electrons. The van der Waals surface area contributed by atoms with E-state index >= 15 is 0 Å². The maximum Gasteiger partial charge on any atom is 0.379 e. The Kier molecular flexibility index (Phi) is 6.91. The molecule has 2 aromatic carbocycles. The lowest BCUT2D eigenvalue weighted by Crippen LogP contribution is -2.22. The van der Waals surface area contributed by atoms with Crippen LogP contribution in [0.1, 0.15) is 61.0 Å². The number of furan rings is 1. The van der Waals surface area contributed by atoms with E-state index in [2.05, 4.69) is 15.3 Å². The fraction of sp³-hybridized carbons (Fsp3) is 0.200. The summed E-state index contributed by atoms with van der Waals surface area (Å²) in [6, 6.07) is 11.2. The number of hydrogen-bond donors (Lipinski definition) is 1. The van der Waals surface area contributed by atoms with Gasteiger partial charge in [-0.3, -0.25) is 14.9 Å². The Morgan fingerprint density at radius 2 is 1.81 bits per heavy atom. The van der Waals surface area contributed by atoms with Crippen LogP contribution in [-0.2, 0) is 11.2 Å². The molecule has 0 unspecified atom stereocenters. The predicted molar refractivity (Wildman–Crippen MR) is 126 cm³/mol. The maximum atomic E-state index is 12.8. The zero-order valence-corrected chi connectivity index (χ0v) is 19.4. The molecule has 0 atom stereocenters. The molecule has 1 aromatic heterocycles. The van der Waals surface area contributed by atoms with Crippen molar-refractivity contribution in [3.05, 3.63) is 92.4 Å². The summed E-state index contributed by atoms with van der Waals surface area (Å²) in [5, 5.41) is 15.2. The average Bonchev–Trinajstić information content (AvgIpc) is 3.24. The van der Waals surface area contributed by atoms with Crippen LogP contribution >= 0.6 is 0 Å². The molecule has 184 valence electrons. The van der Waals surface area contributed by atoms with Gasteiger partial charge in [0.2, 0.25) is 5.76 Å². The van der Waals surface area contributed by atoms with Gasteiger partial charge in [-0.25, -0.2) is 15.0 Å². The number of amides is 1. The van der Waals surface area contributed by atoms with Gasteiger partial charge in [-0.1, -0.05) is 6.07 Å². The van der Waals surface area contributed by atoms with Gasteiger partial charge in [-0.15, -0.1) is 0 Å². The van der Waals surface area contributed by atoms with Crippen LogP contribution in [0.5, 0.6) is 5.75 Å². The van der Waals surface area contributed by atoms with Gasteiger partial charge in [0.15, 0.2) is 0 Å². The summed E-state index contributed by atoms with van der Waals surface area (Å²) in [4.78, 5) is 47.2. The maximum absolute atomic E-state index is 12.8. The minimum Gasteiger partial charge on any atom is -0.465 e. The normalized spacial score (nSPS) is 13.6. The number of nitro groups is 1. The molecule has 0 spiro atoms. The molecular formula is C25H21N3O8. The fourth-order valence-electron chi connectivity index (χ4n) is 3.85. The standard InChI is InChI=1S/C25H21N3O8/c1-14-21-19(26-27-23(29)16-5-3-6-17(13-16)28(32)33)7-4-8-20(21)36-22(14)25(31)35-18-11-9-15(10-12-18)24(30)34-2/h3,5-6,9-13H,4,7-8H2,1-2H3,(H,27,29)/b26-19+. The number of hydrogen-bond acceptors (Lipinski definition) is 9. The van der Waals surface area contributed by atoms with Crippen LogP contribution < -0.4 is 10.2 Å². The number of aryl methyl sites for hydroxylation is 1. The van der Waals surface area contributed by atoms with Crippen LogP contribution in [0, 0.1) is 17.0 Å². The van der Waals surface area contributed by atoms with Gasteiger partial charge in [0.25, 0.3) is 11.6 Å². The molecular weight excluding hydrogens is 470 g/mol. The Labute approximate surface area is 204 Å². The second-order valence-electron chi connectivity index (χ2n) is 7.92. The number of nitrogens with one attached hydrogen (secondary N) is 1. The van der Waals surface area contributed by atoms with Crippen molar-refractivity contribution in [3.63, 3.8) is 0 Å². The van der Waals surface area contributed by atoms with Gasteiger partial charge in [0.1, 0.15) is 11.5 Å². The first-order valence-corrected chi connectivity index (χ1v) is 10.9. The Morgan fingerprint density at radius 1 is 1.06 bits per heavy atom. The molecule has 3 aromatic rings. The number of fused-ring (bicyclic) bond motifs is 1. The van der Waals surface area contributed by atoms with Crippen molar-refractivity contribution in [2.45, 2.75) is 26.2 Å². The van der Waals surface area contributed by atoms with E-state index in [-0.39, 0.29) is 22.8 Å². The SMILES string of the molecule is COC(=O)c1ccc(OC(=O)c2oc3c(c2C)/C(=N/NC(=O)c2cccc([N+](=O)[O-])c2)CCC3)cc1. The summed E-state index contributed by atoms with van der Waals surface area (Å²) in [6.45, 7) is 1.70. The van der Waals surface area contributed by atoms with E-state index in [0.29, 0.717) is 47.4 Å². The summed E-state index contributed by atoms with van der Waals surface area (Å²) >= 11 is 0. The van der Waals surface area contributed by atoms with Gasteiger partial charge in [-0.05, 0) is 50.1 Å². The summed E-state index contributed by atoms with van der Waals surface area (Å²) in [6.07, 6.45) is 1.80. The number of carbonyl (C=O) groups excluding carboxylic acids is 3. The van der Waals surface area contributed by atoms with Crippen LogP contribution in [0.15, 0.2) is 58.0 Å². The zero-order valence-electron chi connectivity index (χ0n) is 19.4. The molecule has 11 nitrogen and oxygen atoms in total. The van der Waals surface area contributed by atoms with Gasteiger partial charge < -0.3 is 13.9 Å². The monoisotopic (exact) mass is 491 g/mol. The van der Waals surface area contributed by atoms with Gasteiger partial charge in [0, 0.05) is 35.2 Å². The third kappa shape index (κ3) is 4.99. The topological polar surface area (TPSA) is 150 Å². The van der Waals surface area contributed by atoms with Crippen molar-refractivity contribution < 1.29 is 33.2 Å². The molecule has 1 heterocycles. The molecule has 0 aliphatic heterocycles. The molecule has 1 amide bonds. The highest BCUT2D eigenvalue weighted by molar-refractivity contribution is 6.07. The third-order valence-electron chi connectivity index (χ3n) is 5.61. The average molecular weight is 491 g/mol. The van der Waals surface area contributed by atoms with Crippen molar-refractivity contribution >= 4 is 29.2 Å². The number of carbonyl (C=O) groups is 3. The summed E-state index contributed by atoms with van der Waals surface area (Å²) in [5.74, 6) is -1.04. The van der Waals surface area contributed by atoms with Gasteiger partial charge in [0.05, 0.1) is 23.3 Å². The molecule has 4 rings (SSSR count). The molecule has 0 bridgehead atoms. The second kappa shape index (κ2) is 10.2. The van der Waals surface area contributed by atoms with E-state index in [1.807, 2.05) is 0 Å². The molecule has 36 heavy (non-hydrogen) atoms. The highest BCUT2D eigenvalue weighted by Gasteiger charge is 2.29. The minimum absolute atomic E-state index is 0.0108. The molecule has 0 saturated heterocycles. The lowest BCUT2D eigenvalue weighted by molar-refractivity contribution is -0.384. The summed E-state index contributed by atoms with van der Waals surface area (Å²) < 4.78 is 15.8. The van der Waals surface area contributed by atoms with Crippen molar-refractivity contribution in [1.29, 1.82) is 0 Å². The first-order valence-electron chi connectivity index (χ1n) is 10.9. The van der Waals surface area contributed by atoms with Crippen molar-refractivity contribution in [2.24, 2.45) is 5.10 Å². The van der Waals surface area contributed by atoms with Crippen LogP contribution in [0.2, 0.25) is 0 Å². The Hall–Kier alpha value is -4.80. The number of nitro benzene ring substituents is 1. The largest absolute Gasteiger partial charge is 0.465 e. The Bertz CT molecular complexity index is 1390. The van der Waals surface area contributed by atoms with Crippen LogP contribution in [0.3, 0.4) is 0 Å². The highest BCUT2D eigenvalue weighted by Crippen LogP contribution is 2.30. The quantitative estimate of drug-likeness (QED) is 0.235. The Morgan fingerprint density at radius 3 is 2.50 bits per heavy atom. The summed E-state index contributed by atoms with van der Waals surface area (Å²) in [7, 11) is 1.27. The zero-order chi connectivity index (χ0) is 25.8. The second-order valence-corrected chi connectivity index (χ2v) is 7.92. The fourth-order valence-corrected chi connectivity index (χ4v) is 3.85. The number of non-ortho nitro benzene ring substituents is 1. The lowest BCUT2D eigenvalue weighted by Gasteiger charge is -2.13. The first-order chi connectivity index (χ1) is 17.3. The smallest absolute Gasteiger partial charge is 0.379 e. The number of hydrazone groups is 1. The number of rotatable bonds is 6. The third-order valence-corrected chi connectivity index (χ3v) is 5.61. The number of benzene rings is 2. The van der Waals surface area contributed by atoms with Crippen molar-refractivity contribution in [2.75, 3.05) is 7.11 Å². The summed E-state index contributed by atoms with van der Waals surface area (Å²) in [5.41, 5.74) is 4.30. The van der Waals surface area contributed by atoms with Crippen LogP contribution in [0.25, 0.3) is 0 Å². The molecule has 1 N–H and O–H groups in total. The molecule has 0 fully saturated rings. The highest BCUT2D eigenvalue weighted by atomic mass is 16.6. The predicted octanol–water partition coefficient (Wildman–Crippen LogP) is 3.97. The first kappa shape index (κ1) is 24.3. The minimum atomic E-state index is -0.715.